The minimum Gasteiger partial charge on any atom is -0.333 e. The van der Waals surface area contributed by atoms with E-state index in [0.717, 1.165) is 0 Å². The summed E-state index contributed by atoms with van der Waals surface area (Å²) in [4.78, 5) is 11.2. The van der Waals surface area contributed by atoms with Crippen molar-refractivity contribution in [3.05, 3.63) is 0 Å². The molecule has 0 atom stereocenters. The number of nitrogens with zero attached hydrogens (tertiary/aromatic N) is 3. The molecule has 0 aromatic heterocycles. The molecule has 0 aromatic rings. The number of amides is 1. The largest absolute Gasteiger partial charge is 0.471 e. The van der Waals surface area contributed by atoms with Gasteiger partial charge in [-0.25, -0.2) is 0 Å². The fourth-order valence-corrected chi connectivity index (χ4v) is 0.864. The second kappa shape index (κ2) is 5.86. The van der Waals surface area contributed by atoms with E-state index in [9.17, 15) is 18.0 Å². The second-order valence-electron chi connectivity index (χ2n) is 2.61. The smallest absolute Gasteiger partial charge is 0.333 e. The van der Waals surface area contributed by atoms with E-state index in [0.29, 0.717) is 4.90 Å². The Morgan fingerprint density at radius 1 is 1.13 bits per heavy atom. The van der Waals surface area contributed by atoms with Gasteiger partial charge in [-0.15, -0.1) is 0 Å². The molecule has 0 N–H and O–H groups in total. The van der Waals surface area contributed by atoms with Gasteiger partial charge in [0.2, 0.25) is 0 Å². The first-order valence-electron chi connectivity index (χ1n) is 4.03. The number of hydrogen-bond acceptors (Lipinski definition) is 3. The zero-order valence-electron chi connectivity index (χ0n) is 7.71. The molecule has 4 nitrogen and oxygen atoms in total. The van der Waals surface area contributed by atoms with E-state index >= 15 is 0 Å². The van der Waals surface area contributed by atoms with Gasteiger partial charge in [0.05, 0.1) is 25.0 Å². The van der Waals surface area contributed by atoms with Gasteiger partial charge in [0.25, 0.3) is 0 Å². The highest BCUT2D eigenvalue weighted by molar-refractivity contribution is 5.81. The van der Waals surface area contributed by atoms with Crippen LogP contribution in [0.25, 0.3) is 0 Å². The average molecular weight is 219 g/mol. The van der Waals surface area contributed by atoms with Crippen LogP contribution in [-0.2, 0) is 4.79 Å². The van der Waals surface area contributed by atoms with E-state index in [1.54, 1.807) is 12.1 Å². The Labute approximate surface area is 84.5 Å². The highest BCUT2D eigenvalue weighted by Gasteiger charge is 2.42. The third-order valence-electron chi connectivity index (χ3n) is 1.52. The Morgan fingerprint density at radius 2 is 1.53 bits per heavy atom. The number of rotatable bonds is 4. The van der Waals surface area contributed by atoms with Crippen molar-refractivity contribution >= 4 is 5.91 Å². The van der Waals surface area contributed by atoms with Gasteiger partial charge >= 0.3 is 12.1 Å². The third kappa shape index (κ3) is 4.87. The lowest BCUT2D eigenvalue weighted by Crippen LogP contribution is -2.42. The molecule has 0 saturated heterocycles. The summed E-state index contributed by atoms with van der Waals surface area (Å²) in [5.41, 5.74) is 0. The Kier molecular flexibility index (Phi) is 5.18. The Balaban J connectivity index is 4.43. The lowest BCUT2D eigenvalue weighted by atomic mass is 10.3. The molecule has 0 aliphatic carbocycles. The van der Waals surface area contributed by atoms with Gasteiger partial charge in [-0.3, -0.25) is 4.79 Å². The van der Waals surface area contributed by atoms with E-state index in [-0.39, 0.29) is 25.9 Å². The van der Waals surface area contributed by atoms with E-state index in [2.05, 4.69) is 0 Å². The zero-order valence-corrected chi connectivity index (χ0v) is 7.71. The number of carbonyl (C=O) groups excluding carboxylic acids is 1. The second-order valence-corrected chi connectivity index (χ2v) is 2.61. The van der Waals surface area contributed by atoms with Crippen LogP contribution in [-0.4, -0.2) is 30.1 Å². The van der Waals surface area contributed by atoms with Crippen molar-refractivity contribution in [2.24, 2.45) is 0 Å². The van der Waals surface area contributed by atoms with Crippen LogP contribution >= 0.6 is 0 Å². The third-order valence-corrected chi connectivity index (χ3v) is 1.52. The molecular weight excluding hydrogens is 211 g/mol. The van der Waals surface area contributed by atoms with Crippen molar-refractivity contribution in [3.8, 4) is 12.1 Å². The van der Waals surface area contributed by atoms with Crippen molar-refractivity contribution in [2.45, 2.75) is 19.0 Å². The fourth-order valence-electron chi connectivity index (χ4n) is 0.864. The SMILES string of the molecule is N#CCCN(CCC#N)C(=O)C(F)(F)F. The molecule has 0 fully saturated rings. The predicted molar refractivity (Wildman–Crippen MR) is 43.1 cm³/mol. The van der Waals surface area contributed by atoms with E-state index < -0.39 is 12.1 Å². The zero-order chi connectivity index (χ0) is 11.9. The van der Waals surface area contributed by atoms with Gasteiger partial charge in [0, 0.05) is 13.1 Å². The molecule has 0 rings (SSSR count). The molecule has 0 bridgehead atoms. The Morgan fingerprint density at radius 3 is 1.80 bits per heavy atom. The van der Waals surface area contributed by atoms with Crippen LogP contribution in [0.5, 0.6) is 0 Å². The minimum absolute atomic E-state index is 0.187. The van der Waals surface area contributed by atoms with Gasteiger partial charge < -0.3 is 4.90 Å². The van der Waals surface area contributed by atoms with Crippen LogP contribution in [0.15, 0.2) is 0 Å². The molecule has 0 aliphatic heterocycles. The summed E-state index contributed by atoms with van der Waals surface area (Å²) >= 11 is 0. The number of nitriles is 2. The summed E-state index contributed by atoms with van der Waals surface area (Å²) in [6.07, 6.45) is -5.33. The molecule has 0 aromatic carbocycles. The Bertz CT molecular complexity index is 282. The Hall–Kier alpha value is -1.76. The van der Waals surface area contributed by atoms with Crippen molar-refractivity contribution < 1.29 is 18.0 Å². The van der Waals surface area contributed by atoms with Crippen LogP contribution < -0.4 is 0 Å². The van der Waals surface area contributed by atoms with Crippen molar-refractivity contribution in [1.29, 1.82) is 10.5 Å². The molecule has 0 saturated carbocycles. The van der Waals surface area contributed by atoms with Crippen LogP contribution in [0.4, 0.5) is 13.2 Å². The number of halogens is 3. The van der Waals surface area contributed by atoms with Gasteiger partial charge in [-0.1, -0.05) is 0 Å². The highest BCUT2D eigenvalue weighted by atomic mass is 19.4. The predicted octanol–water partition coefficient (Wildman–Crippen LogP) is 1.20. The number of alkyl halides is 3. The van der Waals surface area contributed by atoms with Crippen molar-refractivity contribution in [1.82, 2.24) is 4.90 Å². The molecule has 0 unspecified atom stereocenters. The average Bonchev–Trinajstić information content (AvgIpc) is 2.16. The molecule has 82 valence electrons. The molecule has 15 heavy (non-hydrogen) atoms. The lowest BCUT2D eigenvalue weighted by Gasteiger charge is -2.21. The first kappa shape index (κ1) is 13.2. The maximum absolute atomic E-state index is 12.0. The van der Waals surface area contributed by atoms with Crippen LogP contribution in [0.2, 0.25) is 0 Å². The molecule has 0 aliphatic rings. The normalized spacial score (nSPS) is 10.2. The van der Waals surface area contributed by atoms with Crippen molar-refractivity contribution in [3.63, 3.8) is 0 Å². The summed E-state index contributed by atoms with van der Waals surface area (Å²) < 4.78 is 36.0. The highest BCUT2D eigenvalue weighted by Crippen LogP contribution is 2.18. The first-order valence-corrected chi connectivity index (χ1v) is 4.03. The first-order chi connectivity index (χ1) is 6.93. The molecular formula is C8H8F3N3O. The van der Waals surface area contributed by atoms with Crippen LogP contribution in [0, 0.1) is 22.7 Å². The number of hydrogen-bond donors (Lipinski definition) is 0. The molecule has 7 heteroatoms. The monoisotopic (exact) mass is 219 g/mol. The summed E-state index contributed by atoms with van der Waals surface area (Å²) in [5.74, 6) is -2.01. The van der Waals surface area contributed by atoms with Crippen molar-refractivity contribution in [2.75, 3.05) is 13.1 Å². The maximum Gasteiger partial charge on any atom is 0.471 e. The van der Waals surface area contributed by atoms with Gasteiger partial charge in [0.1, 0.15) is 0 Å². The standard InChI is InChI=1S/C8H8F3N3O/c9-8(10,11)7(15)14(5-1-3-12)6-2-4-13/h1-2,5-6H2. The topological polar surface area (TPSA) is 67.9 Å². The van der Waals surface area contributed by atoms with Gasteiger partial charge in [-0.05, 0) is 0 Å². The fraction of sp³-hybridized carbons (Fsp3) is 0.625. The van der Waals surface area contributed by atoms with Gasteiger partial charge in [-0.2, -0.15) is 23.7 Å². The molecule has 1 amide bonds. The van der Waals surface area contributed by atoms with Crippen LogP contribution in [0.1, 0.15) is 12.8 Å². The van der Waals surface area contributed by atoms with Gasteiger partial charge in [0.15, 0.2) is 0 Å². The summed E-state index contributed by atoms with van der Waals surface area (Å²) in [5, 5.41) is 16.4. The number of carbonyl (C=O) groups is 1. The van der Waals surface area contributed by atoms with E-state index in [1.165, 1.54) is 0 Å². The maximum atomic E-state index is 12.0. The summed E-state index contributed by atoms with van der Waals surface area (Å²) in [6.45, 7) is -0.618. The van der Waals surface area contributed by atoms with Crippen LogP contribution in [0.3, 0.4) is 0 Å². The summed E-state index contributed by atoms with van der Waals surface area (Å²) in [7, 11) is 0. The molecule has 0 heterocycles. The quantitative estimate of drug-likeness (QED) is 0.713. The summed E-state index contributed by atoms with van der Waals surface area (Å²) in [6, 6.07) is 3.27. The molecule has 0 spiro atoms. The lowest BCUT2D eigenvalue weighted by molar-refractivity contribution is -0.185. The van der Waals surface area contributed by atoms with E-state index in [1.807, 2.05) is 0 Å². The van der Waals surface area contributed by atoms with E-state index in [4.69, 9.17) is 10.5 Å². The molecule has 0 radical (unpaired) electrons. The minimum atomic E-state index is -4.95.